The average Bonchev–Trinajstić information content (AvgIpc) is 3.27. The van der Waals surface area contributed by atoms with E-state index in [4.69, 9.17) is 5.10 Å². The third-order valence-corrected chi connectivity index (χ3v) is 6.24. The molecule has 0 amide bonds. The molecule has 6 nitrogen and oxygen atoms in total. The summed E-state index contributed by atoms with van der Waals surface area (Å²) in [5, 5.41) is 20.1. The van der Waals surface area contributed by atoms with Gasteiger partial charge in [0.05, 0.1) is 22.6 Å². The van der Waals surface area contributed by atoms with Crippen molar-refractivity contribution >= 4 is 45.0 Å². The fourth-order valence-electron chi connectivity index (χ4n) is 3.80. The van der Waals surface area contributed by atoms with E-state index in [1.807, 2.05) is 75.9 Å². The van der Waals surface area contributed by atoms with Crippen molar-refractivity contribution in [1.29, 1.82) is 0 Å². The molecule has 2 aromatic heterocycles. The summed E-state index contributed by atoms with van der Waals surface area (Å²) in [7, 11) is 0. The standard InChI is InChI=1S/C26H19IN4O2/c27-25-24(22(26(32)33)12-13-28-25)29-15-20-16-31(21-8-2-1-3-9-21)30-23(20)19-11-10-17-6-4-5-7-18(17)14-19/h1-14,16,29H,15H2,(H,32,33). The molecule has 162 valence electrons. The van der Waals surface area contributed by atoms with E-state index in [9.17, 15) is 9.90 Å². The number of rotatable bonds is 6. The van der Waals surface area contributed by atoms with Crippen molar-refractivity contribution < 1.29 is 9.90 Å². The minimum atomic E-state index is -0.993. The molecular formula is C26H19IN4O2. The molecule has 0 aliphatic carbocycles. The molecule has 0 radical (unpaired) electrons. The molecule has 0 atom stereocenters. The summed E-state index contributed by atoms with van der Waals surface area (Å²) in [6.07, 6.45) is 3.49. The molecule has 33 heavy (non-hydrogen) atoms. The lowest BCUT2D eigenvalue weighted by Crippen LogP contribution is -2.09. The number of carboxylic acids is 1. The van der Waals surface area contributed by atoms with E-state index in [0.717, 1.165) is 27.9 Å². The largest absolute Gasteiger partial charge is 0.478 e. The zero-order valence-electron chi connectivity index (χ0n) is 17.4. The van der Waals surface area contributed by atoms with Gasteiger partial charge >= 0.3 is 5.97 Å². The Morgan fingerprint density at radius 3 is 2.52 bits per heavy atom. The smallest absolute Gasteiger partial charge is 0.337 e. The molecule has 0 bridgehead atoms. The third-order valence-electron chi connectivity index (χ3n) is 5.42. The minimum Gasteiger partial charge on any atom is -0.478 e. The summed E-state index contributed by atoms with van der Waals surface area (Å²) < 4.78 is 2.46. The highest BCUT2D eigenvalue weighted by molar-refractivity contribution is 14.1. The lowest BCUT2D eigenvalue weighted by molar-refractivity contribution is 0.0697. The predicted octanol–water partition coefficient (Wildman–Crippen LogP) is 6.00. The first-order chi connectivity index (χ1) is 16.1. The van der Waals surface area contributed by atoms with E-state index < -0.39 is 5.97 Å². The molecule has 5 aromatic rings. The molecule has 2 N–H and O–H groups in total. The number of carboxylic acid groups (broad SMARTS) is 1. The Bertz CT molecular complexity index is 1460. The molecule has 0 fully saturated rings. The number of carbonyl (C=O) groups is 1. The Morgan fingerprint density at radius 2 is 1.73 bits per heavy atom. The molecule has 0 spiro atoms. The van der Waals surface area contributed by atoms with Crippen LogP contribution in [0.25, 0.3) is 27.7 Å². The molecule has 0 saturated heterocycles. The lowest BCUT2D eigenvalue weighted by Gasteiger charge is -2.11. The minimum absolute atomic E-state index is 0.192. The summed E-state index contributed by atoms with van der Waals surface area (Å²) in [6, 6.07) is 25.9. The Hall–Kier alpha value is -3.72. The average molecular weight is 546 g/mol. The lowest BCUT2D eigenvalue weighted by atomic mass is 10.0. The predicted molar refractivity (Wildman–Crippen MR) is 138 cm³/mol. The van der Waals surface area contributed by atoms with Gasteiger partial charge in [-0.2, -0.15) is 5.10 Å². The van der Waals surface area contributed by atoms with Crippen LogP contribution >= 0.6 is 22.6 Å². The zero-order chi connectivity index (χ0) is 22.8. The van der Waals surface area contributed by atoms with Gasteiger partial charge in [-0.25, -0.2) is 14.5 Å². The topological polar surface area (TPSA) is 80.0 Å². The van der Waals surface area contributed by atoms with Gasteiger partial charge in [-0.3, -0.25) is 0 Å². The van der Waals surface area contributed by atoms with Crippen molar-refractivity contribution in [3.8, 4) is 16.9 Å². The highest BCUT2D eigenvalue weighted by Crippen LogP contribution is 2.29. The van der Waals surface area contributed by atoms with E-state index in [-0.39, 0.29) is 5.56 Å². The van der Waals surface area contributed by atoms with Crippen LogP contribution in [-0.4, -0.2) is 25.8 Å². The van der Waals surface area contributed by atoms with Gasteiger partial charge in [-0.15, -0.1) is 0 Å². The maximum atomic E-state index is 11.7. The van der Waals surface area contributed by atoms with Crippen LogP contribution in [0.15, 0.2) is 91.3 Å². The Morgan fingerprint density at radius 1 is 0.970 bits per heavy atom. The van der Waals surface area contributed by atoms with Crippen LogP contribution in [0.5, 0.6) is 0 Å². The van der Waals surface area contributed by atoms with Gasteiger partial charge in [0.1, 0.15) is 3.70 Å². The Kier molecular flexibility index (Phi) is 5.78. The van der Waals surface area contributed by atoms with E-state index >= 15 is 0 Å². The van der Waals surface area contributed by atoms with Crippen molar-refractivity contribution in [2.45, 2.75) is 6.54 Å². The van der Waals surface area contributed by atoms with Gasteiger partial charge in [-0.1, -0.05) is 54.6 Å². The number of hydrogen-bond donors (Lipinski definition) is 2. The van der Waals surface area contributed by atoms with E-state index in [2.05, 4.69) is 40.6 Å². The highest BCUT2D eigenvalue weighted by Gasteiger charge is 2.17. The SMILES string of the molecule is O=C(O)c1ccnc(I)c1NCc1cn(-c2ccccc2)nc1-c1ccc2ccccc2c1. The van der Waals surface area contributed by atoms with Crippen LogP contribution in [0.3, 0.4) is 0 Å². The maximum Gasteiger partial charge on any atom is 0.337 e. The number of nitrogens with zero attached hydrogens (tertiary/aromatic N) is 3. The zero-order valence-corrected chi connectivity index (χ0v) is 19.6. The third kappa shape index (κ3) is 4.31. The van der Waals surface area contributed by atoms with Crippen molar-refractivity contribution in [2.75, 3.05) is 5.32 Å². The first-order valence-electron chi connectivity index (χ1n) is 10.3. The fourth-order valence-corrected chi connectivity index (χ4v) is 4.44. The van der Waals surface area contributed by atoms with Gasteiger partial charge < -0.3 is 10.4 Å². The highest BCUT2D eigenvalue weighted by atomic mass is 127. The number of fused-ring (bicyclic) bond motifs is 1. The van der Waals surface area contributed by atoms with E-state index in [1.54, 1.807) is 0 Å². The van der Waals surface area contributed by atoms with Crippen molar-refractivity contribution in [3.05, 3.63) is 106 Å². The molecule has 5 rings (SSSR count). The number of hydrogen-bond acceptors (Lipinski definition) is 4. The van der Waals surface area contributed by atoms with Gasteiger partial charge in [0.2, 0.25) is 0 Å². The van der Waals surface area contributed by atoms with Crippen LogP contribution in [0.1, 0.15) is 15.9 Å². The van der Waals surface area contributed by atoms with Crippen LogP contribution < -0.4 is 5.32 Å². The second-order valence-electron chi connectivity index (χ2n) is 7.53. The monoisotopic (exact) mass is 546 g/mol. The van der Waals surface area contributed by atoms with Gasteiger partial charge in [0, 0.05) is 30.1 Å². The number of benzene rings is 3. The van der Waals surface area contributed by atoms with Crippen LogP contribution in [0.2, 0.25) is 0 Å². The molecule has 2 heterocycles. The molecule has 3 aromatic carbocycles. The van der Waals surface area contributed by atoms with Crippen LogP contribution in [-0.2, 0) is 6.54 Å². The quantitative estimate of drug-likeness (QED) is 0.202. The molecule has 0 saturated carbocycles. The van der Waals surface area contributed by atoms with Gasteiger partial charge in [0.15, 0.2) is 0 Å². The Labute approximate surface area is 204 Å². The molecular weight excluding hydrogens is 527 g/mol. The van der Waals surface area contributed by atoms with Crippen molar-refractivity contribution in [2.24, 2.45) is 0 Å². The molecule has 7 heteroatoms. The summed E-state index contributed by atoms with van der Waals surface area (Å²) in [5.74, 6) is -0.993. The van der Waals surface area contributed by atoms with Crippen LogP contribution in [0.4, 0.5) is 5.69 Å². The van der Waals surface area contributed by atoms with E-state index in [1.165, 1.54) is 17.6 Å². The molecule has 0 unspecified atom stereocenters. The number of nitrogens with one attached hydrogen (secondary N) is 1. The summed E-state index contributed by atoms with van der Waals surface area (Å²) >= 11 is 2.05. The summed E-state index contributed by atoms with van der Waals surface area (Å²) in [6.45, 7) is 0.400. The second kappa shape index (κ2) is 9.03. The maximum absolute atomic E-state index is 11.7. The van der Waals surface area contributed by atoms with E-state index in [0.29, 0.717) is 15.9 Å². The first-order valence-corrected chi connectivity index (χ1v) is 11.4. The van der Waals surface area contributed by atoms with Gasteiger partial charge in [0.25, 0.3) is 0 Å². The number of halogens is 1. The Balaban J connectivity index is 1.57. The second-order valence-corrected chi connectivity index (χ2v) is 8.55. The van der Waals surface area contributed by atoms with Gasteiger partial charge in [-0.05, 0) is 57.6 Å². The molecule has 0 aliphatic rings. The number of aromatic carboxylic acids is 1. The first kappa shape index (κ1) is 21.1. The molecule has 0 aliphatic heterocycles. The normalized spacial score (nSPS) is 10.9. The summed E-state index contributed by atoms with van der Waals surface area (Å²) in [5.41, 5.74) is 4.44. The summed E-state index contributed by atoms with van der Waals surface area (Å²) in [4.78, 5) is 15.9. The number of anilines is 1. The van der Waals surface area contributed by atoms with Crippen LogP contribution in [0, 0.1) is 3.70 Å². The fraction of sp³-hybridized carbons (Fsp3) is 0.0385. The number of aromatic nitrogens is 3. The van der Waals surface area contributed by atoms with Crippen molar-refractivity contribution in [3.63, 3.8) is 0 Å². The number of pyridine rings is 1. The van der Waals surface area contributed by atoms with Crippen molar-refractivity contribution in [1.82, 2.24) is 14.8 Å². The number of para-hydroxylation sites is 1.